The monoisotopic (exact) mass is 469 g/mol. The maximum absolute atomic E-state index is 13.5. The third kappa shape index (κ3) is 3.88. The molecule has 6 nitrogen and oxygen atoms in total. The fourth-order valence-corrected chi connectivity index (χ4v) is 5.94. The van der Waals surface area contributed by atoms with Crippen molar-refractivity contribution in [1.82, 2.24) is 10.2 Å². The number of carbonyl (C=O) groups excluding carboxylic acids is 1. The number of rotatable bonds is 4. The van der Waals surface area contributed by atoms with E-state index in [-0.39, 0.29) is 11.2 Å². The van der Waals surface area contributed by atoms with Crippen LogP contribution in [0.2, 0.25) is 0 Å². The van der Waals surface area contributed by atoms with Crippen LogP contribution in [0.4, 0.5) is 5.13 Å². The Morgan fingerprint density at radius 1 is 1.19 bits per heavy atom. The molecular formula is C22H23N5OS3. The Bertz CT molecular complexity index is 1140. The molecule has 31 heavy (non-hydrogen) atoms. The molecular weight excluding hydrogens is 446 g/mol. The summed E-state index contributed by atoms with van der Waals surface area (Å²) < 4.78 is 0.805. The van der Waals surface area contributed by atoms with Gasteiger partial charge in [0, 0.05) is 22.6 Å². The van der Waals surface area contributed by atoms with Crippen LogP contribution in [0.1, 0.15) is 38.2 Å². The van der Waals surface area contributed by atoms with Crippen molar-refractivity contribution in [3.05, 3.63) is 52.5 Å². The van der Waals surface area contributed by atoms with Crippen LogP contribution in [0.15, 0.2) is 56.2 Å². The second-order valence-corrected chi connectivity index (χ2v) is 11.2. The van der Waals surface area contributed by atoms with Gasteiger partial charge in [-0.25, -0.2) is 0 Å². The lowest BCUT2D eigenvalue weighted by atomic mass is 9.69. The fourth-order valence-electron chi connectivity index (χ4n) is 4.23. The van der Waals surface area contributed by atoms with Crippen molar-refractivity contribution in [2.75, 3.05) is 17.4 Å². The largest absolute Gasteiger partial charge is 0.384 e. The van der Waals surface area contributed by atoms with Crippen LogP contribution < -0.4 is 10.6 Å². The predicted octanol–water partition coefficient (Wildman–Crippen LogP) is 4.92. The van der Waals surface area contributed by atoms with Crippen molar-refractivity contribution in [2.24, 2.45) is 11.1 Å². The molecule has 1 unspecified atom stereocenters. The Hall–Kier alpha value is -2.28. The summed E-state index contributed by atoms with van der Waals surface area (Å²) in [5.74, 6) is -0.0803. The Morgan fingerprint density at radius 3 is 2.48 bits per heavy atom. The van der Waals surface area contributed by atoms with Gasteiger partial charge < -0.3 is 5.73 Å². The second kappa shape index (κ2) is 8.34. The van der Waals surface area contributed by atoms with Gasteiger partial charge in [-0.15, -0.1) is 22.0 Å². The number of hydrogen-bond acceptors (Lipinski definition) is 9. The first-order chi connectivity index (χ1) is 14.8. The Labute approximate surface area is 194 Å². The van der Waals surface area contributed by atoms with Crippen molar-refractivity contribution in [3.63, 3.8) is 0 Å². The third-order valence-corrected chi connectivity index (χ3v) is 8.22. The molecule has 2 aromatic rings. The lowest BCUT2D eigenvalue weighted by Gasteiger charge is -2.42. The quantitative estimate of drug-likeness (QED) is 0.630. The lowest BCUT2D eigenvalue weighted by Crippen LogP contribution is -2.42. The average Bonchev–Trinajstić information content (AvgIpc) is 3.21. The first-order valence-electron chi connectivity index (χ1n) is 9.77. The molecule has 0 spiro atoms. The van der Waals surface area contributed by atoms with E-state index >= 15 is 0 Å². The lowest BCUT2D eigenvalue weighted by molar-refractivity contribution is -0.118. The summed E-state index contributed by atoms with van der Waals surface area (Å²) in [4.78, 5) is 16.4. The maximum atomic E-state index is 13.5. The highest BCUT2D eigenvalue weighted by Crippen LogP contribution is 2.50. The molecule has 0 radical (unpaired) electrons. The molecule has 2 heterocycles. The number of allylic oxidation sites excluding steroid dienone is 3. The van der Waals surface area contributed by atoms with Gasteiger partial charge in [0.05, 0.1) is 17.6 Å². The van der Waals surface area contributed by atoms with E-state index in [1.807, 2.05) is 36.8 Å². The van der Waals surface area contributed by atoms with E-state index in [1.165, 1.54) is 23.1 Å². The van der Waals surface area contributed by atoms with Crippen LogP contribution in [0.25, 0.3) is 0 Å². The number of benzene rings is 1. The zero-order valence-corrected chi connectivity index (χ0v) is 20.2. The summed E-state index contributed by atoms with van der Waals surface area (Å²) in [6.45, 7) is 4.17. The normalized spacial score (nSPS) is 20.7. The molecule has 160 valence electrons. The number of nitriles is 1. The van der Waals surface area contributed by atoms with Crippen LogP contribution in [-0.2, 0) is 4.79 Å². The molecule has 2 N–H and O–H groups in total. The van der Waals surface area contributed by atoms with Crippen molar-refractivity contribution in [3.8, 4) is 6.07 Å². The van der Waals surface area contributed by atoms with E-state index in [9.17, 15) is 10.1 Å². The Balaban J connectivity index is 1.95. The molecule has 1 aromatic carbocycles. The number of hydrogen-bond donors (Lipinski definition) is 1. The molecule has 1 aliphatic carbocycles. The van der Waals surface area contributed by atoms with Gasteiger partial charge in [-0.3, -0.25) is 9.69 Å². The molecule has 9 heteroatoms. The van der Waals surface area contributed by atoms with Gasteiger partial charge in [0.1, 0.15) is 5.82 Å². The summed E-state index contributed by atoms with van der Waals surface area (Å²) in [7, 11) is 0. The van der Waals surface area contributed by atoms with Gasteiger partial charge in [-0.2, -0.15) is 5.26 Å². The molecule has 1 aliphatic heterocycles. The molecule has 0 saturated carbocycles. The number of carbonyl (C=O) groups is 1. The standard InChI is InChI=1S/C22H23N5OS3/c1-22(2)9-15-18(16(28)10-22)17(12-5-7-13(29-3)8-6-12)14(11-23)19(24)27(15)20-25-26-21(30-4)31-20/h5-8,17H,9-10,24H2,1-4H3. The van der Waals surface area contributed by atoms with E-state index in [1.54, 1.807) is 16.7 Å². The van der Waals surface area contributed by atoms with Gasteiger partial charge in [0.2, 0.25) is 5.13 Å². The molecule has 0 amide bonds. The maximum Gasteiger partial charge on any atom is 0.219 e. The summed E-state index contributed by atoms with van der Waals surface area (Å²) in [6, 6.07) is 10.3. The van der Waals surface area contributed by atoms with E-state index in [0.29, 0.717) is 34.9 Å². The van der Waals surface area contributed by atoms with Gasteiger partial charge in [-0.1, -0.05) is 49.1 Å². The van der Waals surface area contributed by atoms with E-state index in [0.717, 1.165) is 20.5 Å². The number of aromatic nitrogens is 2. The van der Waals surface area contributed by atoms with E-state index in [2.05, 4.69) is 30.1 Å². The topological polar surface area (TPSA) is 95.9 Å². The molecule has 1 aromatic heterocycles. The molecule has 0 fully saturated rings. The summed E-state index contributed by atoms with van der Waals surface area (Å²) in [5, 5.41) is 19.2. The molecule has 2 aliphatic rings. The van der Waals surface area contributed by atoms with Crippen molar-refractivity contribution < 1.29 is 4.79 Å². The van der Waals surface area contributed by atoms with Crippen LogP contribution in [0.5, 0.6) is 0 Å². The van der Waals surface area contributed by atoms with E-state index in [4.69, 9.17) is 5.73 Å². The first kappa shape index (κ1) is 21.9. The minimum Gasteiger partial charge on any atom is -0.384 e. The second-order valence-electron chi connectivity index (χ2n) is 8.31. The first-order valence-corrected chi connectivity index (χ1v) is 13.0. The van der Waals surface area contributed by atoms with Crippen molar-refractivity contribution in [1.29, 1.82) is 5.26 Å². The SMILES string of the molecule is CSc1ccc(C2C(C#N)=C(N)N(c3nnc(SC)s3)C3=C2C(=O)CC(C)(C)C3)cc1. The molecule has 1 atom stereocenters. The van der Waals surface area contributed by atoms with Crippen LogP contribution in [0.3, 0.4) is 0 Å². The Morgan fingerprint density at radius 2 is 1.90 bits per heavy atom. The fraction of sp³-hybridized carbons (Fsp3) is 0.364. The Kier molecular flexibility index (Phi) is 5.90. The highest BCUT2D eigenvalue weighted by atomic mass is 32.2. The smallest absolute Gasteiger partial charge is 0.219 e. The summed E-state index contributed by atoms with van der Waals surface area (Å²) in [5.41, 5.74) is 9.17. The van der Waals surface area contributed by atoms with Crippen LogP contribution >= 0.6 is 34.9 Å². The predicted molar refractivity (Wildman–Crippen MR) is 127 cm³/mol. The highest BCUT2D eigenvalue weighted by molar-refractivity contribution is 8.00. The minimum absolute atomic E-state index is 0.0602. The van der Waals surface area contributed by atoms with Crippen LogP contribution in [-0.4, -0.2) is 28.5 Å². The van der Waals surface area contributed by atoms with Crippen LogP contribution in [0, 0.1) is 16.7 Å². The molecule has 0 saturated heterocycles. The van der Waals surface area contributed by atoms with Crippen molar-refractivity contribution >= 4 is 45.8 Å². The zero-order chi connectivity index (χ0) is 22.3. The van der Waals surface area contributed by atoms with Gasteiger partial charge in [0.25, 0.3) is 0 Å². The number of nitrogens with two attached hydrogens (primary N) is 1. The average molecular weight is 470 g/mol. The number of anilines is 1. The van der Waals surface area contributed by atoms with Gasteiger partial charge in [0.15, 0.2) is 10.1 Å². The van der Waals surface area contributed by atoms with E-state index < -0.39 is 5.92 Å². The third-order valence-electron chi connectivity index (χ3n) is 5.59. The van der Waals surface area contributed by atoms with Crippen molar-refractivity contribution in [2.45, 2.75) is 41.8 Å². The summed E-state index contributed by atoms with van der Waals surface area (Å²) in [6.07, 6.45) is 5.06. The highest BCUT2D eigenvalue weighted by Gasteiger charge is 2.45. The minimum atomic E-state index is -0.469. The number of ketones is 1. The summed E-state index contributed by atoms with van der Waals surface area (Å²) >= 11 is 4.56. The van der Waals surface area contributed by atoms with Gasteiger partial charge >= 0.3 is 0 Å². The molecule has 0 bridgehead atoms. The zero-order valence-electron chi connectivity index (χ0n) is 17.8. The number of nitrogens with zero attached hydrogens (tertiary/aromatic N) is 4. The van der Waals surface area contributed by atoms with Gasteiger partial charge in [-0.05, 0) is 42.0 Å². The molecule has 4 rings (SSSR count). The number of Topliss-reactive ketones (excluding diaryl/α,β-unsaturated/α-hetero) is 1. The number of thioether (sulfide) groups is 2.